The fourth-order valence-corrected chi connectivity index (χ4v) is 4.11. The molecule has 1 aliphatic heterocycles. The Bertz CT molecular complexity index is 1090. The second-order valence-electron chi connectivity index (χ2n) is 7.47. The molecule has 1 atom stereocenters. The first-order valence-electron chi connectivity index (χ1n) is 10.1. The third kappa shape index (κ3) is 5.64. The number of hydrogen-bond donors (Lipinski definition) is 2. The fourth-order valence-electron chi connectivity index (χ4n) is 3.59. The van der Waals surface area contributed by atoms with E-state index >= 15 is 0 Å². The molecule has 1 fully saturated rings. The minimum Gasteiger partial charge on any atom is -0.493 e. The van der Waals surface area contributed by atoms with Crippen molar-refractivity contribution in [2.24, 2.45) is 5.14 Å². The SMILES string of the molecule is COc1ccc(CCN2C(=O)C[C@@H](NCCc3ccc(S(N)(=O)=O)cc3)C2=O)cc1OC. The number of imide groups is 1. The average molecular weight is 462 g/mol. The molecule has 10 heteroatoms. The second-order valence-corrected chi connectivity index (χ2v) is 9.03. The molecule has 172 valence electrons. The highest BCUT2D eigenvalue weighted by atomic mass is 32.2. The van der Waals surface area contributed by atoms with Gasteiger partial charge in [-0.05, 0) is 54.8 Å². The lowest BCUT2D eigenvalue weighted by molar-refractivity contribution is -0.138. The Morgan fingerprint density at radius 1 is 1.00 bits per heavy atom. The van der Waals surface area contributed by atoms with Crippen LogP contribution in [0.15, 0.2) is 47.4 Å². The summed E-state index contributed by atoms with van der Waals surface area (Å²) in [6.07, 6.45) is 1.21. The molecule has 0 spiro atoms. The van der Waals surface area contributed by atoms with Crippen LogP contribution >= 0.6 is 0 Å². The van der Waals surface area contributed by atoms with Crippen LogP contribution in [-0.4, -0.2) is 58.5 Å². The number of carbonyl (C=O) groups excluding carboxylic acids is 2. The number of benzene rings is 2. The summed E-state index contributed by atoms with van der Waals surface area (Å²) in [5, 5.41) is 8.22. The zero-order valence-electron chi connectivity index (χ0n) is 18.0. The topological polar surface area (TPSA) is 128 Å². The van der Waals surface area contributed by atoms with Gasteiger partial charge >= 0.3 is 0 Å². The Kier molecular flexibility index (Phi) is 7.49. The molecule has 1 heterocycles. The van der Waals surface area contributed by atoms with E-state index in [4.69, 9.17) is 14.6 Å². The molecule has 2 aromatic rings. The van der Waals surface area contributed by atoms with Crippen molar-refractivity contribution < 1.29 is 27.5 Å². The number of primary sulfonamides is 1. The predicted octanol–water partition coefficient (Wildman–Crippen LogP) is 0.854. The van der Waals surface area contributed by atoms with Crippen LogP contribution in [-0.2, 0) is 32.5 Å². The van der Waals surface area contributed by atoms with Gasteiger partial charge in [-0.1, -0.05) is 18.2 Å². The number of sulfonamides is 1. The first-order valence-corrected chi connectivity index (χ1v) is 11.7. The average Bonchev–Trinajstić information content (AvgIpc) is 3.04. The van der Waals surface area contributed by atoms with Gasteiger partial charge in [0.25, 0.3) is 0 Å². The van der Waals surface area contributed by atoms with Gasteiger partial charge in [-0.25, -0.2) is 13.6 Å². The molecule has 2 aromatic carbocycles. The minimum absolute atomic E-state index is 0.0518. The van der Waals surface area contributed by atoms with Gasteiger partial charge < -0.3 is 14.8 Å². The molecule has 1 aliphatic rings. The molecule has 3 N–H and O–H groups in total. The van der Waals surface area contributed by atoms with Crippen LogP contribution in [0.25, 0.3) is 0 Å². The third-order valence-corrected chi connectivity index (χ3v) is 6.30. The Hall–Kier alpha value is -2.95. The molecule has 0 aromatic heterocycles. The highest BCUT2D eigenvalue weighted by Crippen LogP contribution is 2.28. The van der Waals surface area contributed by atoms with Crippen molar-refractivity contribution in [1.29, 1.82) is 0 Å². The molecule has 1 saturated heterocycles. The van der Waals surface area contributed by atoms with E-state index in [0.29, 0.717) is 37.4 Å². The number of hydrogen-bond acceptors (Lipinski definition) is 7. The quantitative estimate of drug-likeness (QED) is 0.502. The minimum atomic E-state index is -3.72. The maximum Gasteiger partial charge on any atom is 0.246 e. The van der Waals surface area contributed by atoms with Crippen LogP contribution in [0.5, 0.6) is 11.5 Å². The monoisotopic (exact) mass is 461 g/mol. The van der Waals surface area contributed by atoms with E-state index in [2.05, 4.69) is 5.32 Å². The zero-order chi connectivity index (χ0) is 23.3. The molecule has 0 unspecified atom stereocenters. The van der Waals surface area contributed by atoms with E-state index in [1.165, 1.54) is 17.0 Å². The second kappa shape index (κ2) is 10.1. The van der Waals surface area contributed by atoms with Crippen LogP contribution in [0.1, 0.15) is 17.5 Å². The number of nitrogens with zero attached hydrogens (tertiary/aromatic N) is 1. The van der Waals surface area contributed by atoms with Crippen LogP contribution < -0.4 is 19.9 Å². The van der Waals surface area contributed by atoms with Gasteiger partial charge in [0.05, 0.1) is 31.6 Å². The maximum atomic E-state index is 12.7. The van der Waals surface area contributed by atoms with Gasteiger partial charge in [-0.3, -0.25) is 14.5 Å². The maximum absolute atomic E-state index is 12.7. The Morgan fingerprint density at radius 2 is 1.66 bits per heavy atom. The van der Waals surface area contributed by atoms with Crippen molar-refractivity contribution in [2.45, 2.75) is 30.2 Å². The number of methoxy groups -OCH3 is 2. The molecular formula is C22H27N3O6S. The number of likely N-dealkylation sites (tertiary alicyclic amines) is 1. The van der Waals surface area contributed by atoms with Crippen molar-refractivity contribution in [3.8, 4) is 11.5 Å². The summed E-state index contributed by atoms with van der Waals surface area (Å²) < 4.78 is 33.1. The molecule has 0 saturated carbocycles. The smallest absolute Gasteiger partial charge is 0.246 e. The summed E-state index contributed by atoms with van der Waals surface area (Å²) in [5.41, 5.74) is 1.83. The summed E-state index contributed by atoms with van der Waals surface area (Å²) in [7, 11) is -0.606. The van der Waals surface area contributed by atoms with Crippen molar-refractivity contribution in [3.05, 3.63) is 53.6 Å². The number of nitrogens with two attached hydrogens (primary N) is 1. The molecule has 9 nitrogen and oxygen atoms in total. The highest BCUT2D eigenvalue weighted by molar-refractivity contribution is 7.89. The van der Waals surface area contributed by atoms with Crippen LogP contribution in [0.2, 0.25) is 0 Å². The van der Waals surface area contributed by atoms with E-state index in [1.54, 1.807) is 32.4 Å². The lowest BCUT2D eigenvalue weighted by atomic mass is 10.1. The van der Waals surface area contributed by atoms with Crippen molar-refractivity contribution >= 4 is 21.8 Å². The summed E-state index contributed by atoms with van der Waals surface area (Å²) in [4.78, 5) is 26.4. The molecular weight excluding hydrogens is 434 g/mol. The number of carbonyl (C=O) groups is 2. The van der Waals surface area contributed by atoms with Crippen LogP contribution in [0.3, 0.4) is 0 Å². The van der Waals surface area contributed by atoms with Crippen molar-refractivity contribution in [1.82, 2.24) is 10.2 Å². The zero-order valence-corrected chi connectivity index (χ0v) is 18.9. The van der Waals surface area contributed by atoms with Gasteiger partial charge in [0.2, 0.25) is 21.8 Å². The van der Waals surface area contributed by atoms with E-state index in [1.807, 2.05) is 12.1 Å². The summed E-state index contributed by atoms with van der Waals surface area (Å²) in [6, 6.07) is 11.2. The molecule has 0 bridgehead atoms. The van der Waals surface area contributed by atoms with E-state index in [0.717, 1.165) is 11.1 Å². The lowest BCUT2D eigenvalue weighted by Gasteiger charge is -2.16. The summed E-state index contributed by atoms with van der Waals surface area (Å²) in [5.74, 6) is 0.777. The Morgan fingerprint density at radius 3 is 2.28 bits per heavy atom. The van der Waals surface area contributed by atoms with E-state index < -0.39 is 16.1 Å². The van der Waals surface area contributed by atoms with Gasteiger partial charge in [0.15, 0.2) is 11.5 Å². The predicted molar refractivity (Wildman–Crippen MR) is 118 cm³/mol. The molecule has 2 amide bonds. The standard InChI is InChI=1S/C22H27N3O6S/c1-30-19-8-5-16(13-20(19)31-2)10-12-25-21(26)14-18(22(25)27)24-11-9-15-3-6-17(7-4-15)32(23,28)29/h3-8,13,18,24H,9-12,14H2,1-2H3,(H2,23,28,29)/t18-/m1/s1. The molecule has 32 heavy (non-hydrogen) atoms. The first kappa shape index (κ1) is 23.7. The fraction of sp³-hybridized carbons (Fsp3) is 0.364. The lowest BCUT2D eigenvalue weighted by Crippen LogP contribution is -2.40. The summed E-state index contributed by atoms with van der Waals surface area (Å²) in [6.45, 7) is 0.766. The number of amides is 2. The van der Waals surface area contributed by atoms with Crippen LogP contribution in [0, 0.1) is 0 Å². The molecule has 0 aliphatic carbocycles. The molecule has 3 rings (SSSR count). The highest BCUT2D eigenvalue weighted by Gasteiger charge is 2.37. The Labute approximate surface area is 187 Å². The first-order chi connectivity index (χ1) is 15.2. The van der Waals surface area contributed by atoms with Gasteiger partial charge in [0.1, 0.15) is 0 Å². The van der Waals surface area contributed by atoms with Gasteiger partial charge in [0, 0.05) is 6.54 Å². The normalized spacial score (nSPS) is 16.5. The number of nitrogens with one attached hydrogen (secondary N) is 1. The third-order valence-electron chi connectivity index (χ3n) is 5.37. The summed E-state index contributed by atoms with van der Waals surface area (Å²) >= 11 is 0. The van der Waals surface area contributed by atoms with Gasteiger partial charge in [-0.2, -0.15) is 0 Å². The number of rotatable bonds is 10. The van der Waals surface area contributed by atoms with Crippen molar-refractivity contribution in [2.75, 3.05) is 27.3 Å². The molecule has 0 radical (unpaired) electrons. The van der Waals surface area contributed by atoms with E-state index in [-0.39, 0.29) is 23.1 Å². The Balaban J connectivity index is 1.51. The largest absolute Gasteiger partial charge is 0.493 e. The van der Waals surface area contributed by atoms with Gasteiger partial charge in [-0.15, -0.1) is 0 Å². The van der Waals surface area contributed by atoms with E-state index in [9.17, 15) is 18.0 Å². The van der Waals surface area contributed by atoms with Crippen molar-refractivity contribution in [3.63, 3.8) is 0 Å². The number of ether oxygens (including phenoxy) is 2. The van der Waals surface area contributed by atoms with Crippen LogP contribution in [0.4, 0.5) is 0 Å².